The number of rotatable bonds is 3. The number of hydrogen-bond donors (Lipinski definition) is 0. The molecule has 3 nitrogen and oxygen atoms in total. The van der Waals surface area contributed by atoms with Crippen molar-refractivity contribution in [2.45, 2.75) is 51.9 Å². The number of benzene rings is 2. The van der Waals surface area contributed by atoms with Crippen LogP contribution in [0.2, 0.25) is 0 Å². The van der Waals surface area contributed by atoms with E-state index in [2.05, 4.69) is 77.8 Å². The molecule has 0 spiro atoms. The highest BCUT2D eigenvalue weighted by molar-refractivity contribution is 5.86. The second-order valence-electron chi connectivity index (χ2n) is 9.56. The van der Waals surface area contributed by atoms with Gasteiger partial charge in [0.05, 0.1) is 22.3 Å². The highest BCUT2D eigenvalue weighted by Gasteiger charge is 2.24. The Morgan fingerprint density at radius 1 is 1.03 bits per heavy atom. The van der Waals surface area contributed by atoms with Gasteiger partial charge in [0.25, 0.3) is 0 Å². The average molecular weight is 409 g/mol. The topological polar surface area (TPSA) is 21.7 Å². The Hall–Kier alpha value is -2.94. The zero-order valence-corrected chi connectivity index (χ0v) is 18.6. The lowest BCUT2D eigenvalue weighted by atomic mass is 9.85. The summed E-state index contributed by atoms with van der Waals surface area (Å²) in [5.41, 5.74) is 10.4. The summed E-state index contributed by atoms with van der Waals surface area (Å²) < 4.78 is 4.61. The van der Waals surface area contributed by atoms with Gasteiger partial charge in [-0.05, 0) is 54.2 Å². The van der Waals surface area contributed by atoms with Crippen molar-refractivity contribution in [1.82, 2.24) is 9.55 Å². The van der Waals surface area contributed by atoms with Crippen LogP contribution < -0.4 is 4.57 Å². The minimum Gasteiger partial charge on any atom is -0.296 e. The molecule has 0 atom stereocenters. The fourth-order valence-electron chi connectivity index (χ4n) is 5.72. The molecule has 2 aliphatic rings. The largest absolute Gasteiger partial charge is 0.296 e. The lowest BCUT2D eigenvalue weighted by Gasteiger charge is -2.21. The third-order valence-corrected chi connectivity index (χ3v) is 7.39. The van der Waals surface area contributed by atoms with Crippen molar-refractivity contribution < 1.29 is 4.57 Å². The maximum absolute atomic E-state index is 5.03. The number of hydrogen-bond acceptors (Lipinski definition) is 1. The van der Waals surface area contributed by atoms with E-state index >= 15 is 0 Å². The first-order chi connectivity index (χ1) is 15.2. The molecule has 3 heterocycles. The molecular weight excluding hydrogens is 378 g/mol. The van der Waals surface area contributed by atoms with Crippen LogP contribution >= 0.6 is 0 Å². The first kappa shape index (κ1) is 18.8. The smallest absolute Gasteiger partial charge is 0.212 e. The summed E-state index contributed by atoms with van der Waals surface area (Å²) in [6, 6.07) is 18.0. The van der Waals surface area contributed by atoms with E-state index in [1.807, 2.05) is 0 Å². The predicted octanol–water partition coefficient (Wildman–Crippen LogP) is 5.85. The van der Waals surface area contributed by atoms with E-state index in [4.69, 9.17) is 4.98 Å². The molecule has 156 valence electrons. The van der Waals surface area contributed by atoms with Crippen molar-refractivity contribution in [1.29, 1.82) is 0 Å². The van der Waals surface area contributed by atoms with Gasteiger partial charge < -0.3 is 0 Å². The number of fused-ring (bicyclic) bond motifs is 5. The minimum absolute atomic E-state index is 0.856. The van der Waals surface area contributed by atoms with Gasteiger partial charge in [0.2, 0.25) is 5.69 Å². The molecule has 3 heteroatoms. The number of pyridine rings is 1. The molecule has 6 rings (SSSR count). The molecule has 0 radical (unpaired) electrons. The van der Waals surface area contributed by atoms with Crippen LogP contribution in [0.15, 0.2) is 54.7 Å². The van der Waals surface area contributed by atoms with Crippen LogP contribution in [-0.2, 0) is 19.9 Å². The van der Waals surface area contributed by atoms with E-state index in [1.54, 1.807) is 0 Å². The zero-order chi connectivity index (χ0) is 20.9. The fourth-order valence-corrected chi connectivity index (χ4v) is 5.72. The first-order valence-corrected chi connectivity index (χ1v) is 11.8. The highest BCUT2D eigenvalue weighted by Crippen LogP contribution is 2.35. The van der Waals surface area contributed by atoms with Crippen molar-refractivity contribution >= 4 is 11.0 Å². The lowest BCUT2D eigenvalue weighted by molar-refractivity contribution is -0.660. The minimum atomic E-state index is 0.856. The number of aromatic nitrogens is 3. The standard InChI is InChI=1S/C28H30N3/c1-19-14-27-24(29-28-17-22-10-6-7-11-25(22)31(27)28)18-23(19)26-16-21(12-13-30(26)2)15-20-8-4-3-5-9-20/h6-7,10-14,16,18,20H,3-5,8-9,15,17H2,1-2H3/q+1. The van der Waals surface area contributed by atoms with Crippen LogP contribution in [0.5, 0.6) is 0 Å². The molecule has 4 aromatic rings. The van der Waals surface area contributed by atoms with Gasteiger partial charge in [-0.3, -0.25) is 4.57 Å². The highest BCUT2D eigenvalue weighted by atomic mass is 15.1. The Morgan fingerprint density at radius 3 is 2.74 bits per heavy atom. The van der Waals surface area contributed by atoms with Crippen LogP contribution in [0.1, 0.15) is 54.6 Å². The van der Waals surface area contributed by atoms with Gasteiger partial charge in [-0.15, -0.1) is 0 Å². The van der Waals surface area contributed by atoms with Gasteiger partial charge in [-0.25, -0.2) is 9.55 Å². The Kier molecular flexibility index (Phi) is 4.45. The van der Waals surface area contributed by atoms with Crippen molar-refractivity contribution in [2.24, 2.45) is 13.0 Å². The molecule has 1 aliphatic carbocycles. The van der Waals surface area contributed by atoms with Gasteiger partial charge in [0, 0.05) is 18.6 Å². The Bertz CT molecular complexity index is 1290. The van der Waals surface area contributed by atoms with Crippen LogP contribution in [0, 0.1) is 12.8 Å². The van der Waals surface area contributed by atoms with E-state index in [-0.39, 0.29) is 0 Å². The van der Waals surface area contributed by atoms with Gasteiger partial charge in [0.15, 0.2) is 6.20 Å². The van der Waals surface area contributed by atoms with Crippen LogP contribution in [0.4, 0.5) is 0 Å². The summed E-state index contributed by atoms with van der Waals surface area (Å²) >= 11 is 0. The Morgan fingerprint density at radius 2 is 1.87 bits per heavy atom. The van der Waals surface area contributed by atoms with Crippen LogP contribution in [0.25, 0.3) is 28.0 Å². The van der Waals surface area contributed by atoms with E-state index in [9.17, 15) is 0 Å². The van der Waals surface area contributed by atoms with Crippen molar-refractivity contribution in [3.05, 3.63) is 77.2 Å². The quantitative estimate of drug-likeness (QED) is 0.343. The van der Waals surface area contributed by atoms with E-state index in [1.165, 1.54) is 77.7 Å². The summed E-state index contributed by atoms with van der Waals surface area (Å²) in [5.74, 6) is 2.01. The summed E-state index contributed by atoms with van der Waals surface area (Å²) in [4.78, 5) is 5.03. The summed E-state index contributed by atoms with van der Waals surface area (Å²) in [7, 11) is 2.16. The fraction of sp³-hybridized carbons (Fsp3) is 0.357. The van der Waals surface area contributed by atoms with Gasteiger partial charge in [0.1, 0.15) is 12.9 Å². The molecule has 1 fully saturated rings. The SMILES string of the molecule is Cc1cc2c(cc1-c1cc(CC3CCCCC3)cc[n+]1C)nc1n2-c2ccccc2C1. The molecule has 1 saturated carbocycles. The molecule has 0 amide bonds. The molecule has 2 aromatic carbocycles. The Labute approximate surface area is 184 Å². The third kappa shape index (κ3) is 3.18. The lowest BCUT2D eigenvalue weighted by Crippen LogP contribution is -2.31. The van der Waals surface area contributed by atoms with Gasteiger partial charge >= 0.3 is 0 Å². The van der Waals surface area contributed by atoms with E-state index in [0.29, 0.717) is 0 Å². The summed E-state index contributed by atoms with van der Waals surface area (Å²) in [6.45, 7) is 2.24. The molecule has 0 N–H and O–H groups in total. The molecule has 2 aromatic heterocycles. The Balaban J connectivity index is 1.41. The van der Waals surface area contributed by atoms with Crippen molar-refractivity contribution in [3.63, 3.8) is 0 Å². The second-order valence-corrected chi connectivity index (χ2v) is 9.56. The first-order valence-electron chi connectivity index (χ1n) is 11.8. The molecule has 0 saturated heterocycles. The third-order valence-electron chi connectivity index (χ3n) is 7.39. The van der Waals surface area contributed by atoms with Crippen LogP contribution in [0.3, 0.4) is 0 Å². The van der Waals surface area contributed by atoms with E-state index < -0.39 is 0 Å². The number of para-hydroxylation sites is 1. The summed E-state index contributed by atoms with van der Waals surface area (Å²) in [5, 5.41) is 0. The monoisotopic (exact) mass is 408 g/mol. The average Bonchev–Trinajstić information content (AvgIpc) is 3.31. The number of imidazole rings is 1. The summed E-state index contributed by atoms with van der Waals surface area (Å²) in [6.07, 6.45) is 11.4. The molecule has 1 aliphatic heterocycles. The number of aryl methyl sites for hydroxylation is 2. The molecule has 0 unspecified atom stereocenters. The van der Waals surface area contributed by atoms with Gasteiger partial charge in [-0.1, -0.05) is 50.3 Å². The zero-order valence-electron chi connectivity index (χ0n) is 18.6. The van der Waals surface area contributed by atoms with Crippen LogP contribution in [-0.4, -0.2) is 9.55 Å². The maximum atomic E-state index is 5.03. The molecular formula is C28H30N3+. The number of nitrogens with zero attached hydrogens (tertiary/aromatic N) is 3. The molecule has 0 bridgehead atoms. The predicted molar refractivity (Wildman–Crippen MR) is 126 cm³/mol. The van der Waals surface area contributed by atoms with E-state index in [0.717, 1.165) is 23.7 Å². The van der Waals surface area contributed by atoms with Gasteiger partial charge in [-0.2, -0.15) is 0 Å². The van der Waals surface area contributed by atoms with Crippen molar-refractivity contribution in [2.75, 3.05) is 0 Å². The normalized spacial score (nSPS) is 15.9. The van der Waals surface area contributed by atoms with Crippen molar-refractivity contribution in [3.8, 4) is 16.9 Å². The maximum Gasteiger partial charge on any atom is 0.212 e. The molecule has 31 heavy (non-hydrogen) atoms. The second kappa shape index (κ2) is 7.33.